The minimum atomic E-state index is -0.207. The average Bonchev–Trinajstić information content (AvgIpc) is 3.05. The predicted molar refractivity (Wildman–Crippen MR) is 70.2 cm³/mol. The van der Waals surface area contributed by atoms with Crippen molar-refractivity contribution in [3.63, 3.8) is 0 Å². The van der Waals surface area contributed by atoms with Crippen LogP contribution in [0.4, 0.5) is 0 Å². The Bertz CT molecular complexity index is 292. The molecular weight excluding hydrogens is 228 g/mol. The smallest absolute Gasteiger partial charge is 0.168 e. The van der Waals surface area contributed by atoms with Crippen molar-refractivity contribution >= 4 is 0 Å². The van der Waals surface area contributed by atoms with Gasteiger partial charge in [0.2, 0.25) is 0 Å². The Morgan fingerprint density at radius 2 is 2.11 bits per heavy atom. The summed E-state index contributed by atoms with van der Waals surface area (Å²) in [7, 11) is 0. The first-order chi connectivity index (χ1) is 8.71. The van der Waals surface area contributed by atoms with E-state index in [1.807, 2.05) is 0 Å². The lowest BCUT2D eigenvalue weighted by Gasteiger charge is -2.26. The lowest BCUT2D eigenvalue weighted by atomic mass is 10.1. The molecule has 4 heteroatoms. The number of ether oxygens (including phenoxy) is 2. The molecule has 3 rings (SSSR count). The summed E-state index contributed by atoms with van der Waals surface area (Å²) in [4.78, 5) is 2.53. The molecule has 1 spiro atoms. The fourth-order valence-corrected chi connectivity index (χ4v) is 3.79. The van der Waals surface area contributed by atoms with Crippen LogP contribution in [-0.4, -0.2) is 49.1 Å². The molecule has 3 aliphatic rings. The Morgan fingerprint density at radius 3 is 2.78 bits per heavy atom. The second-order valence-corrected chi connectivity index (χ2v) is 6.31. The van der Waals surface area contributed by atoms with Crippen LogP contribution in [0.5, 0.6) is 0 Å². The molecular formula is C14H26N2O2. The first-order valence-corrected chi connectivity index (χ1v) is 7.47. The third-order valence-electron chi connectivity index (χ3n) is 4.84. The molecule has 2 saturated heterocycles. The lowest BCUT2D eigenvalue weighted by Crippen LogP contribution is -2.37. The Labute approximate surface area is 110 Å². The zero-order chi connectivity index (χ0) is 12.6. The number of hydrogen-bond donors (Lipinski definition) is 1. The topological polar surface area (TPSA) is 47.7 Å². The van der Waals surface area contributed by atoms with Crippen LogP contribution >= 0.6 is 0 Å². The maximum Gasteiger partial charge on any atom is 0.168 e. The van der Waals surface area contributed by atoms with Crippen molar-refractivity contribution in [3.05, 3.63) is 0 Å². The second-order valence-electron chi connectivity index (χ2n) is 6.31. The van der Waals surface area contributed by atoms with E-state index in [0.717, 1.165) is 39.1 Å². The Morgan fingerprint density at radius 1 is 1.33 bits per heavy atom. The zero-order valence-electron chi connectivity index (χ0n) is 11.4. The largest absolute Gasteiger partial charge is 0.347 e. The number of hydrogen-bond acceptors (Lipinski definition) is 4. The standard InChI is InChI=1S/C14H26N2O2/c1-11-6-12(7-15)8-16(11)9-13-10-17-14(18-13)4-2-3-5-14/h11-13H,2-10,15H2,1H3. The number of rotatable bonds is 3. The van der Waals surface area contributed by atoms with Gasteiger partial charge in [-0.05, 0) is 38.6 Å². The van der Waals surface area contributed by atoms with E-state index in [9.17, 15) is 0 Å². The maximum atomic E-state index is 6.19. The molecule has 0 amide bonds. The van der Waals surface area contributed by atoms with E-state index in [2.05, 4.69) is 11.8 Å². The van der Waals surface area contributed by atoms with Gasteiger partial charge >= 0.3 is 0 Å². The molecule has 0 aromatic heterocycles. The summed E-state index contributed by atoms with van der Waals surface area (Å²) in [5.41, 5.74) is 5.78. The summed E-state index contributed by atoms with van der Waals surface area (Å²) in [6, 6.07) is 0.641. The molecule has 1 saturated carbocycles. The summed E-state index contributed by atoms with van der Waals surface area (Å²) in [5, 5.41) is 0. The lowest BCUT2D eigenvalue weighted by molar-refractivity contribution is -0.163. The van der Waals surface area contributed by atoms with Crippen LogP contribution in [0.1, 0.15) is 39.0 Å². The summed E-state index contributed by atoms with van der Waals surface area (Å²) < 4.78 is 12.1. The van der Waals surface area contributed by atoms with E-state index < -0.39 is 0 Å². The van der Waals surface area contributed by atoms with Gasteiger partial charge in [-0.1, -0.05) is 0 Å². The van der Waals surface area contributed by atoms with Crippen molar-refractivity contribution in [2.24, 2.45) is 11.7 Å². The Kier molecular flexibility index (Phi) is 3.63. The molecule has 18 heavy (non-hydrogen) atoms. The molecule has 1 aliphatic carbocycles. The van der Waals surface area contributed by atoms with E-state index in [1.165, 1.54) is 19.3 Å². The Balaban J connectivity index is 1.52. The minimum absolute atomic E-state index is 0.207. The van der Waals surface area contributed by atoms with Crippen molar-refractivity contribution in [1.29, 1.82) is 0 Å². The summed E-state index contributed by atoms with van der Waals surface area (Å²) in [5.74, 6) is 0.462. The van der Waals surface area contributed by atoms with E-state index in [1.54, 1.807) is 0 Å². The van der Waals surface area contributed by atoms with Crippen LogP contribution in [-0.2, 0) is 9.47 Å². The number of likely N-dealkylation sites (tertiary alicyclic amines) is 1. The van der Waals surface area contributed by atoms with E-state index >= 15 is 0 Å². The van der Waals surface area contributed by atoms with Crippen molar-refractivity contribution in [3.8, 4) is 0 Å². The van der Waals surface area contributed by atoms with Gasteiger partial charge < -0.3 is 15.2 Å². The fourth-order valence-electron chi connectivity index (χ4n) is 3.79. The maximum absolute atomic E-state index is 6.19. The molecule has 0 radical (unpaired) electrons. The van der Waals surface area contributed by atoms with Crippen LogP contribution in [0.2, 0.25) is 0 Å². The van der Waals surface area contributed by atoms with Crippen LogP contribution < -0.4 is 5.73 Å². The molecule has 4 nitrogen and oxygen atoms in total. The molecule has 0 bridgehead atoms. The van der Waals surface area contributed by atoms with E-state index in [0.29, 0.717) is 12.0 Å². The predicted octanol–water partition coefficient (Wildman–Crippen LogP) is 1.34. The Hall–Kier alpha value is -0.160. The van der Waals surface area contributed by atoms with Gasteiger partial charge in [-0.3, -0.25) is 4.90 Å². The molecule has 3 atom stereocenters. The second kappa shape index (κ2) is 5.08. The third kappa shape index (κ3) is 2.44. The SMILES string of the molecule is CC1CC(CN)CN1CC1COC2(CCCC2)O1. The molecule has 2 N–H and O–H groups in total. The molecule has 2 aliphatic heterocycles. The number of nitrogens with zero attached hydrogens (tertiary/aromatic N) is 1. The number of nitrogens with two attached hydrogens (primary N) is 1. The first-order valence-electron chi connectivity index (χ1n) is 7.47. The highest BCUT2D eigenvalue weighted by Crippen LogP contribution is 2.39. The summed E-state index contributed by atoms with van der Waals surface area (Å²) >= 11 is 0. The molecule has 3 fully saturated rings. The van der Waals surface area contributed by atoms with Crippen molar-refractivity contribution in [2.45, 2.75) is 57.0 Å². The molecule has 2 heterocycles. The summed E-state index contributed by atoms with van der Waals surface area (Å²) in [6.07, 6.45) is 6.18. The monoisotopic (exact) mass is 254 g/mol. The van der Waals surface area contributed by atoms with Gasteiger partial charge in [0.05, 0.1) is 12.7 Å². The quantitative estimate of drug-likeness (QED) is 0.825. The van der Waals surface area contributed by atoms with Crippen LogP contribution in [0.15, 0.2) is 0 Å². The minimum Gasteiger partial charge on any atom is -0.347 e. The van der Waals surface area contributed by atoms with Gasteiger partial charge in [0.25, 0.3) is 0 Å². The highest BCUT2D eigenvalue weighted by Gasteiger charge is 2.44. The average molecular weight is 254 g/mol. The highest BCUT2D eigenvalue weighted by atomic mass is 16.7. The highest BCUT2D eigenvalue weighted by molar-refractivity contribution is 4.89. The zero-order valence-corrected chi connectivity index (χ0v) is 11.4. The molecule has 0 aromatic rings. The van der Waals surface area contributed by atoms with Gasteiger partial charge in [-0.2, -0.15) is 0 Å². The summed E-state index contributed by atoms with van der Waals surface area (Å²) in [6.45, 7) is 6.03. The molecule has 104 valence electrons. The van der Waals surface area contributed by atoms with E-state index in [4.69, 9.17) is 15.2 Å². The van der Waals surface area contributed by atoms with Gasteiger partial charge in [0, 0.05) is 32.0 Å². The van der Waals surface area contributed by atoms with Crippen LogP contribution in [0.25, 0.3) is 0 Å². The van der Waals surface area contributed by atoms with Crippen LogP contribution in [0, 0.1) is 5.92 Å². The fraction of sp³-hybridized carbons (Fsp3) is 1.00. The third-order valence-corrected chi connectivity index (χ3v) is 4.84. The van der Waals surface area contributed by atoms with Gasteiger partial charge in [0.1, 0.15) is 0 Å². The normalized spacial score (nSPS) is 40.0. The van der Waals surface area contributed by atoms with Crippen molar-refractivity contribution < 1.29 is 9.47 Å². The van der Waals surface area contributed by atoms with E-state index in [-0.39, 0.29) is 11.9 Å². The molecule has 0 aromatic carbocycles. The molecule has 3 unspecified atom stereocenters. The van der Waals surface area contributed by atoms with Crippen molar-refractivity contribution in [2.75, 3.05) is 26.2 Å². The van der Waals surface area contributed by atoms with Gasteiger partial charge in [-0.15, -0.1) is 0 Å². The first kappa shape index (κ1) is 12.9. The van der Waals surface area contributed by atoms with Crippen LogP contribution in [0.3, 0.4) is 0 Å². The van der Waals surface area contributed by atoms with Gasteiger partial charge in [0.15, 0.2) is 5.79 Å². The van der Waals surface area contributed by atoms with Crippen molar-refractivity contribution in [1.82, 2.24) is 4.90 Å². The van der Waals surface area contributed by atoms with Gasteiger partial charge in [-0.25, -0.2) is 0 Å².